The zero-order chi connectivity index (χ0) is 19.1. The third-order valence-electron chi connectivity index (χ3n) is 5.47. The smallest absolute Gasteiger partial charge is 0.227 e. The first-order valence-corrected chi connectivity index (χ1v) is 10.3. The van der Waals surface area contributed by atoms with Gasteiger partial charge >= 0.3 is 0 Å². The standard InChI is InChI=1S/C21H33N5O.HI/c1-3-11-25-13-10-18(16-25)15-24-21(22-2)23-14-17-6-8-19(9-7-17)26-12-4-5-20(26)27;/h6-9,18H,3-5,10-16H2,1-2H3,(H2,22,23,24);1H. The normalized spacial score (nSPS) is 20.4. The highest BCUT2D eigenvalue weighted by Crippen LogP contribution is 2.21. The van der Waals surface area contributed by atoms with Crippen molar-refractivity contribution in [3.05, 3.63) is 29.8 Å². The molecule has 7 heteroatoms. The molecule has 1 aromatic carbocycles. The topological polar surface area (TPSA) is 60.0 Å². The molecule has 3 rings (SSSR count). The maximum atomic E-state index is 11.8. The minimum atomic E-state index is 0. The molecule has 2 fully saturated rings. The summed E-state index contributed by atoms with van der Waals surface area (Å²) in [5.74, 6) is 1.78. The van der Waals surface area contributed by atoms with Gasteiger partial charge in [-0.15, -0.1) is 24.0 Å². The van der Waals surface area contributed by atoms with Gasteiger partial charge in [-0.1, -0.05) is 19.1 Å². The van der Waals surface area contributed by atoms with E-state index in [1.165, 1.54) is 38.0 Å². The second-order valence-electron chi connectivity index (χ2n) is 7.58. The van der Waals surface area contributed by atoms with E-state index in [1.807, 2.05) is 24.1 Å². The Morgan fingerprint density at radius 1 is 1.21 bits per heavy atom. The third kappa shape index (κ3) is 6.34. The maximum Gasteiger partial charge on any atom is 0.227 e. The molecule has 0 radical (unpaired) electrons. The molecule has 1 aromatic rings. The number of rotatable bonds is 7. The van der Waals surface area contributed by atoms with Crippen LogP contribution < -0.4 is 15.5 Å². The van der Waals surface area contributed by atoms with Gasteiger partial charge in [-0.05, 0) is 56.0 Å². The molecule has 0 saturated carbocycles. The molecule has 0 aromatic heterocycles. The van der Waals surface area contributed by atoms with E-state index in [0.717, 1.165) is 37.7 Å². The highest BCUT2D eigenvalue weighted by atomic mass is 127. The van der Waals surface area contributed by atoms with Crippen LogP contribution in [0.25, 0.3) is 0 Å². The van der Waals surface area contributed by atoms with E-state index in [-0.39, 0.29) is 29.9 Å². The Morgan fingerprint density at radius 3 is 2.64 bits per heavy atom. The minimum Gasteiger partial charge on any atom is -0.356 e. The van der Waals surface area contributed by atoms with Crippen LogP contribution in [0.2, 0.25) is 0 Å². The van der Waals surface area contributed by atoms with Crippen LogP contribution in [0, 0.1) is 5.92 Å². The number of aliphatic imine (C=N–C) groups is 1. The molecule has 0 bridgehead atoms. The predicted molar refractivity (Wildman–Crippen MR) is 126 cm³/mol. The lowest BCUT2D eigenvalue weighted by Gasteiger charge is -2.18. The van der Waals surface area contributed by atoms with Crippen molar-refractivity contribution in [2.75, 3.05) is 44.7 Å². The summed E-state index contributed by atoms with van der Waals surface area (Å²) in [6.07, 6.45) is 4.12. The van der Waals surface area contributed by atoms with Crippen molar-refractivity contribution in [1.29, 1.82) is 0 Å². The second-order valence-corrected chi connectivity index (χ2v) is 7.58. The van der Waals surface area contributed by atoms with Crippen LogP contribution in [0.4, 0.5) is 5.69 Å². The molecule has 2 aliphatic rings. The second kappa shape index (κ2) is 11.6. The number of carbonyl (C=O) groups excluding carboxylic acids is 1. The molecule has 2 N–H and O–H groups in total. The lowest BCUT2D eigenvalue weighted by Crippen LogP contribution is -2.40. The third-order valence-corrected chi connectivity index (χ3v) is 5.47. The average molecular weight is 499 g/mol. The Morgan fingerprint density at radius 2 is 2.00 bits per heavy atom. The number of nitrogens with zero attached hydrogens (tertiary/aromatic N) is 3. The minimum absolute atomic E-state index is 0. The number of halogens is 1. The van der Waals surface area contributed by atoms with Crippen LogP contribution >= 0.6 is 24.0 Å². The molecule has 6 nitrogen and oxygen atoms in total. The quantitative estimate of drug-likeness (QED) is 0.344. The van der Waals surface area contributed by atoms with Crippen molar-refractivity contribution >= 4 is 41.5 Å². The average Bonchev–Trinajstić information content (AvgIpc) is 3.31. The van der Waals surface area contributed by atoms with Crippen molar-refractivity contribution in [1.82, 2.24) is 15.5 Å². The molecular formula is C21H34IN5O. The summed E-state index contributed by atoms with van der Waals surface area (Å²) < 4.78 is 0. The van der Waals surface area contributed by atoms with E-state index < -0.39 is 0 Å². The number of hydrogen-bond donors (Lipinski definition) is 2. The van der Waals surface area contributed by atoms with Gasteiger partial charge in [0.25, 0.3) is 0 Å². The van der Waals surface area contributed by atoms with Gasteiger partial charge in [-0.2, -0.15) is 0 Å². The first kappa shape index (κ1) is 22.9. The number of amides is 1. The van der Waals surface area contributed by atoms with E-state index in [1.54, 1.807) is 0 Å². The van der Waals surface area contributed by atoms with Gasteiger partial charge in [0.15, 0.2) is 5.96 Å². The summed E-state index contributed by atoms with van der Waals surface area (Å²) >= 11 is 0. The number of anilines is 1. The van der Waals surface area contributed by atoms with E-state index in [4.69, 9.17) is 0 Å². The van der Waals surface area contributed by atoms with Crippen LogP contribution in [0.1, 0.15) is 38.2 Å². The molecule has 2 aliphatic heterocycles. The van der Waals surface area contributed by atoms with Crippen LogP contribution in [0.3, 0.4) is 0 Å². The molecule has 0 spiro atoms. The van der Waals surface area contributed by atoms with Crippen LogP contribution in [-0.4, -0.2) is 56.5 Å². The number of carbonyl (C=O) groups is 1. The lowest BCUT2D eigenvalue weighted by molar-refractivity contribution is -0.117. The Bertz CT molecular complexity index is 649. The number of nitrogens with one attached hydrogen (secondary N) is 2. The van der Waals surface area contributed by atoms with Crippen molar-refractivity contribution in [2.45, 2.75) is 39.2 Å². The first-order chi connectivity index (χ1) is 13.2. The first-order valence-electron chi connectivity index (χ1n) is 10.3. The summed E-state index contributed by atoms with van der Waals surface area (Å²) in [5.41, 5.74) is 2.19. The number of likely N-dealkylation sites (tertiary alicyclic amines) is 1. The Labute approximate surface area is 186 Å². The van der Waals surface area contributed by atoms with Crippen molar-refractivity contribution in [2.24, 2.45) is 10.9 Å². The van der Waals surface area contributed by atoms with Crippen LogP contribution in [0.15, 0.2) is 29.3 Å². The van der Waals surface area contributed by atoms with Gasteiger partial charge in [-0.3, -0.25) is 9.79 Å². The van der Waals surface area contributed by atoms with E-state index in [2.05, 4.69) is 39.6 Å². The van der Waals surface area contributed by atoms with E-state index >= 15 is 0 Å². The van der Waals surface area contributed by atoms with Gasteiger partial charge in [0.1, 0.15) is 0 Å². The molecule has 1 atom stereocenters. The summed E-state index contributed by atoms with van der Waals surface area (Å²) in [7, 11) is 1.81. The molecule has 156 valence electrons. The van der Waals surface area contributed by atoms with Crippen molar-refractivity contribution < 1.29 is 4.79 Å². The number of benzene rings is 1. The molecule has 28 heavy (non-hydrogen) atoms. The van der Waals surface area contributed by atoms with Gasteiger partial charge in [0.2, 0.25) is 5.91 Å². The SMILES string of the molecule is CCCN1CCC(CNC(=NC)NCc2ccc(N3CCCC3=O)cc2)C1.I. The Balaban J connectivity index is 0.00000280. The molecular weight excluding hydrogens is 465 g/mol. The summed E-state index contributed by atoms with van der Waals surface area (Å²) in [6, 6.07) is 8.25. The van der Waals surface area contributed by atoms with Gasteiger partial charge in [0, 0.05) is 45.3 Å². The zero-order valence-corrected chi connectivity index (χ0v) is 19.4. The fraction of sp³-hybridized carbons (Fsp3) is 0.619. The summed E-state index contributed by atoms with van der Waals surface area (Å²) in [4.78, 5) is 20.6. The van der Waals surface area contributed by atoms with Gasteiger partial charge in [0.05, 0.1) is 0 Å². The largest absolute Gasteiger partial charge is 0.356 e. The lowest BCUT2D eigenvalue weighted by atomic mass is 10.1. The van der Waals surface area contributed by atoms with Gasteiger partial charge in [-0.25, -0.2) is 0 Å². The molecule has 0 aliphatic carbocycles. The fourth-order valence-electron chi connectivity index (χ4n) is 3.96. The highest BCUT2D eigenvalue weighted by molar-refractivity contribution is 14.0. The van der Waals surface area contributed by atoms with Crippen LogP contribution in [0.5, 0.6) is 0 Å². The Kier molecular flexibility index (Phi) is 9.50. The predicted octanol–water partition coefficient (Wildman–Crippen LogP) is 2.83. The molecule has 2 heterocycles. The van der Waals surface area contributed by atoms with E-state index in [9.17, 15) is 4.79 Å². The molecule has 2 saturated heterocycles. The molecule has 1 unspecified atom stereocenters. The summed E-state index contributed by atoms with van der Waals surface area (Å²) in [6.45, 7) is 8.39. The maximum absolute atomic E-state index is 11.8. The van der Waals surface area contributed by atoms with Crippen LogP contribution in [-0.2, 0) is 11.3 Å². The fourth-order valence-corrected chi connectivity index (χ4v) is 3.96. The monoisotopic (exact) mass is 499 g/mol. The Hall–Kier alpha value is -1.35. The zero-order valence-electron chi connectivity index (χ0n) is 17.1. The highest BCUT2D eigenvalue weighted by Gasteiger charge is 2.22. The number of hydrogen-bond acceptors (Lipinski definition) is 3. The summed E-state index contributed by atoms with van der Waals surface area (Å²) in [5, 5.41) is 6.85. The van der Waals surface area contributed by atoms with Crippen molar-refractivity contribution in [3.63, 3.8) is 0 Å². The number of guanidine groups is 1. The molecule has 1 amide bonds. The van der Waals surface area contributed by atoms with Crippen molar-refractivity contribution in [3.8, 4) is 0 Å². The van der Waals surface area contributed by atoms with Gasteiger partial charge < -0.3 is 20.4 Å². The van der Waals surface area contributed by atoms with E-state index in [0.29, 0.717) is 12.3 Å².